The number of hydrogen-bond acceptors (Lipinski definition) is 5. The smallest absolute Gasteiger partial charge is 0.280 e. The van der Waals surface area contributed by atoms with Crippen molar-refractivity contribution in [2.75, 3.05) is 39.4 Å². The molecule has 158 valence electrons. The largest absolute Gasteiger partial charge is 0.380 e. The van der Waals surface area contributed by atoms with Crippen LogP contribution in [0, 0.1) is 10.8 Å². The van der Waals surface area contributed by atoms with Gasteiger partial charge in [0.05, 0.1) is 18.9 Å². The van der Waals surface area contributed by atoms with Crippen LogP contribution in [0.25, 0.3) is 0 Å². The van der Waals surface area contributed by atoms with E-state index in [0.29, 0.717) is 30.2 Å². The Balaban J connectivity index is 1.12. The summed E-state index contributed by atoms with van der Waals surface area (Å²) < 4.78 is 59.2. The lowest BCUT2D eigenvalue weighted by atomic mass is 9.61. The van der Waals surface area contributed by atoms with Crippen LogP contribution >= 0.6 is 0 Å². The molecule has 0 atom stereocenters. The molecule has 5 fully saturated rings. The van der Waals surface area contributed by atoms with Gasteiger partial charge in [0.15, 0.2) is 0 Å². The maximum atomic E-state index is 13.2. The molecule has 3 aliphatic heterocycles. The van der Waals surface area contributed by atoms with Gasteiger partial charge in [-0.05, 0) is 37.8 Å². The minimum absolute atomic E-state index is 0.00525. The number of hydrogen-bond donors (Lipinski definition) is 0. The van der Waals surface area contributed by atoms with Gasteiger partial charge in [0.25, 0.3) is 6.43 Å². The number of nitrogens with zero attached hydrogens (tertiary/aromatic N) is 3. The number of sulfonamides is 1. The van der Waals surface area contributed by atoms with Crippen molar-refractivity contribution >= 4 is 10.0 Å². The summed E-state index contributed by atoms with van der Waals surface area (Å²) >= 11 is 0. The van der Waals surface area contributed by atoms with Gasteiger partial charge < -0.3 is 4.74 Å². The zero-order valence-electron chi connectivity index (χ0n) is 16.2. The third kappa shape index (κ3) is 2.80. The second-order valence-electron chi connectivity index (χ2n) is 9.93. The summed E-state index contributed by atoms with van der Waals surface area (Å²) in [4.78, 5) is 6.63. The van der Waals surface area contributed by atoms with Gasteiger partial charge in [-0.15, -0.1) is 0 Å². The molecule has 2 saturated carbocycles. The van der Waals surface area contributed by atoms with E-state index in [1.807, 2.05) is 0 Å². The van der Waals surface area contributed by atoms with E-state index in [1.165, 1.54) is 23.2 Å². The highest BCUT2D eigenvalue weighted by Crippen LogP contribution is 2.53. The predicted octanol–water partition coefficient (Wildman–Crippen LogP) is 2.38. The van der Waals surface area contributed by atoms with Crippen molar-refractivity contribution in [1.82, 2.24) is 14.2 Å². The average Bonchev–Trinajstić information content (AvgIpc) is 3.36. The summed E-state index contributed by atoms with van der Waals surface area (Å²) in [5.41, 5.74) is 0.512. The lowest BCUT2D eigenvalue weighted by Crippen LogP contribution is -2.76. The van der Waals surface area contributed by atoms with Crippen molar-refractivity contribution in [3.05, 3.63) is 23.5 Å². The zero-order valence-corrected chi connectivity index (χ0v) is 17.0. The van der Waals surface area contributed by atoms with Crippen molar-refractivity contribution in [2.45, 2.75) is 49.0 Å². The summed E-state index contributed by atoms with van der Waals surface area (Å²) in [5, 5.41) is 0. The monoisotopic (exact) mass is 425 g/mol. The fourth-order valence-electron chi connectivity index (χ4n) is 5.58. The van der Waals surface area contributed by atoms with Crippen LogP contribution in [0.15, 0.2) is 17.0 Å². The van der Waals surface area contributed by atoms with Gasteiger partial charge >= 0.3 is 0 Å². The molecule has 3 saturated heterocycles. The van der Waals surface area contributed by atoms with Crippen LogP contribution in [-0.4, -0.2) is 68.0 Å². The van der Waals surface area contributed by atoms with E-state index in [4.69, 9.17) is 4.74 Å². The molecule has 0 unspecified atom stereocenters. The molecule has 5 aliphatic rings. The summed E-state index contributed by atoms with van der Waals surface area (Å²) in [6, 6.07) is 3.12. The zero-order chi connectivity index (χ0) is 20.0. The minimum Gasteiger partial charge on any atom is -0.380 e. The van der Waals surface area contributed by atoms with Gasteiger partial charge in [-0.2, -0.15) is 4.31 Å². The first-order valence-corrected chi connectivity index (χ1v) is 11.8. The molecule has 2 spiro atoms. The molecular formula is C20H25F2N3O3S. The molecule has 0 N–H and O–H groups in total. The Morgan fingerprint density at radius 3 is 2.31 bits per heavy atom. The van der Waals surface area contributed by atoms with Crippen molar-refractivity contribution in [2.24, 2.45) is 10.8 Å². The Kier molecular flexibility index (Phi) is 3.82. The first-order valence-electron chi connectivity index (χ1n) is 10.4. The fourth-order valence-corrected chi connectivity index (χ4v) is 7.46. The molecule has 6 nitrogen and oxygen atoms in total. The third-order valence-electron chi connectivity index (χ3n) is 7.48. The molecule has 6 rings (SSSR count). The number of likely N-dealkylation sites (tertiary alicyclic amines) is 1. The lowest BCUT2D eigenvalue weighted by molar-refractivity contribution is -0.211. The van der Waals surface area contributed by atoms with E-state index < -0.39 is 16.4 Å². The number of ether oxygens (including phenoxy) is 1. The molecule has 0 radical (unpaired) electrons. The summed E-state index contributed by atoms with van der Waals surface area (Å²) in [6.45, 7) is 4.75. The van der Waals surface area contributed by atoms with E-state index in [-0.39, 0.29) is 21.9 Å². The summed E-state index contributed by atoms with van der Waals surface area (Å²) in [6.07, 6.45) is 1.36. The van der Waals surface area contributed by atoms with Gasteiger partial charge in [0.1, 0.15) is 10.6 Å². The van der Waals surface area contributed by atoms with Crippen LogP contribution in [0.3, 0.4) is 0 Å². The Bertz CT molecular complexity index is 940. The Morgan fingerprint density at radius 2 is 1.76 bits per heavy atom. The van der Waals surface area contributed by atoms with Crippen molar-refractivity contribution in [3.63, 3.8) is 0 Å². The van der Waals surface area contributed by atoms with Crippen LogP contribution in [-0.2, 0) is 14.8 Å². The van der Waals surface area contributed by atoms with E-state index in [0.717, 1.165) is 45.2 Å². The van der Waals surface area contributed by atoms with Crippen LogP contribution in [0.5, 0.6) is 0 Å². The van der Waals surface area contributed by atoms with E-state index in [2.05, 4.69) is 9.88 Å². The normalized spacial score (nSPS) is 28.8. The highest BCUT2D eigenvalue weighted by molar-refractivity contribution is 7.89. The molecule has 0 aromatic carbocycles. The summed E-state index contributed by atoms with van der Waals surface area (Å²) in [7, 11) is -3.68. The standard InChI is InChI=1S/C20H25F2N3O3S/c21-18(22)15-3-4-16(17(23-15)13-1-2-13)29(26,27)25-9-20(10-25)7-24(8-20)14-5-19(6-14)11-28-12-19/h3-4,13-14,18H,1-2,5-12H2. The van der Waals surface area contributed by atoms with Crippen molar-refractivity contribution in [1.29, 1.82) is 0 Å². The SMILES string of the molecule is O=S(=O)(c1ccc(C(F)F)nc1C1CC1)N1CC2(CN(C3CC4(COC4)C3)C2)C1. The topological polar surface area (TPSA) is 62.7 Å². The number of pyridine rings is 1. The first-order chi connectivity index (χ1) is 13.8. The molecule has 1 aromatic rings. The van der Waals surface area contributed by atoms with Crippen molar-refractivity contribution < 1.29 is 21.9 Å². The van der Waals surface area contributed by atoms with Crippen LogP contribution in [0.2, 0.25) is 0 Å². The van der Waals surface area contributed by atoms with E-state index in [9.17, 15) is 17.2 Å². The maximum absolute atomic E-state index is 13.2. The average molecular weight is 426 g/mol. The molecule has 1 aromatic heterocycles. The Hall–Kier alpha value is -1.16. The summed E-state index contributed by atoms with van der Waals surface area (Å²) in [5.74, 6) is -0.00525. The second-order valence-corrected chi connectivity index (χ2v) is 11.8. The Labute approximate surface area is 169 Å². The van der Waals surface area contributed by atoms with Crippen LogP contribution in [0.1, 0.15) is 49.4 Å². The maximum Gasteiger partial charge on any atom is 0.280 e. The number of halogens is 2. The lowest BCUT2D eigenvalue weighted by Gasteiger charge is -2.65. The fraction of sp³-hybridized carbons (Fsp3) is 0.750. The van der Waals surface area contributed by atoms with Crippen molar-refractivity contribution in [3.8, 4) is 0 Å². The quantitative estimate of drug-likeness (QED) is 0.725. The van der Waals surface area contributed by atoms with E-state index >= 15 is 0 Å². The van der Waals surface area contributed by atoms with Gasteiger partial charge in [-0.3, -0.25) is 9.88 Å². The highest BCUT2D eigenvalue weighted by atomic mass is 32.2. The highest BCUT2D eigenvalue weighted by Gasteiger charge is 2.60. The second kappa shape index (κ2) is 5.96. The molecule has 9 heteroatoms. The molecule has 29 heavy (non-hydrogen) atoms. The Morgan fingerprint density at radius 1 is 1.07 bits per heavy atom. The van der Waals surface area contributed by atoms with Gasteiger partial charge in [-0.1, -0.05) is 0 Å². The number of rotatable bonds is 5. The third-order valence-corrected chi connectivity index (χ3v) is 9.32. The van der Waals surface area contributed by atoms with Crippen LogP contribution < -0.4 is 0 Å². The molecule has 4 heterocycles. The number of aromatic nitrogens is 1. The molecule has 0 amide bonds. The molecule has 2 aliphatic carbocycles. The molecular weight excluding hydrogens is 400 g/mol. The van der Waals surface area contributed by atoms with Gasteiger partial charge in [0, 0.05) is 49.0 Å². The first kappa shape index (κ1) is 18.6. The van der Waals surface area contributed by atoms with Gasteiger partial charge in [0.2, 0.25) is 10.0 Å². The molecule has 0 bridgehead atoms. The minimum atomic E-state index is -3.68. The predicted molar refractivity (Wildman–Crippen MR) is 100 cm³/mol. The van der Waals surface area contributed by atoms with Gasteiger partial charge in [-0.25, -0.2) is 17.2 Å². The van der Waals surface area contributed by atoms with E-state index in [1.54, 1.807) is 0 Å². The van der Waals surface area contributed by atoms with Crippen LogP contribution in [0.4, 0.5) is 8.78 Å². The number of alkyl halides is 2.